The topological polar surface area (TPSA) is 21.3 Å². The molecule has 0 amide bonds. The second kappa shape index (κ2) is 7.06. The first kappa shape index (κ1) is 14.5. The van der Waals surface area contributed by atoms with Crippen molar-refractivity contribution in [2.24, 2.45) is 5.92 Å². The lowest BCUT2D eigenvalue weighted by atomic mass is 9.89. The van der Waals surface area contributed by atoms with Crippen LogP contribution in [-0.4, -0.2) is 19.2 Å². The van der Waals surface area contributed by atoms with E-state index >= 15 is 0 Å². The molecular formula is C17H27NO. The Balaban J connectivity index is 1.93. The molecule has 1 aliphatic rings. The molecule has 1 aromatic rings. The van der Waals surface area contributed by atoms with Gasteiger partial charge in [0.2, 0.25) is 0 Å². The molecule has 106 valence electrons. The summed E-state index contributed by atoms with van der Waals surface area (Å²) in [5.74, 6) is 0.685. The quantitative estimate of drug-likeness (QED) is 0.843. The highest BCUT2D eigenvalue weighted by Gasteiger charge is 2.22. The molecule has 0 saturated carbocycles. The summed E-state index contributed by atoms with van der Waals surface area (Å²) < 4.78 is 6.00. The smallest absolute Gasteiger partial charge is 0.0830 e. The molecule has 2 heteroatoms. The number of hydrogen-bond donors (Lipinski definition) is 1. The van der Waals surface area contributed by atoms with E-state index in [9.17, 15) is 0 Å². The highest BCUT2D eigenvalue weighted by molar-refractivity contribution is 5.30. The Bertz CT molecular complexity index is 391. The van der Waals surface area contributed by atoms with Gasteiger partial charge in [-0.05, 0) is 49.8 Å². The van der Waals surface area contributed by atoms with Crippen molar-refractivity contribution in [3.63, 3.8) is 0 Å². The van der Waals surface area contributed by atoms with Gasteiger partial charge in [0.15, 0.2) is 0 Å². The zero-order chi connectivity index (χ0) is 13.7. The SMILES string of the molecule is CCNC(C)CC(C)CC1OCCc2ccccc21. The van der Waals surface area contributed by atoms with Crippen LogP contribution in [0.25, 0.3) is 0 Å². The molecule has 0 aromatic heterocycles. The van der Waals surface area contributed by atoms with Gasteiger partial charge >= 0.3 is 0 Å². The third-order valence-electron chi connectivity index (χ3n) is 4.02. The highest BCUT2D eigenvalue weighted by atomic mass is 16.5. The van der Waals surface area contributed by atoms with E-state index in [1.54, 1.807) is 0 Å². The van der Waals surface area contributed by atoms with Gasteiger partial charge in [0.05, 0.1) is 12.7 Å². The lowest BCUT2D eigenvalue weighted by molar-refractivity contribution is 0.0254. The number of ether oxygens (including phenoxy) is 1. The lowest BCUT2D eigenvalue weighted by Gasteiger charge is -2.29. The summed E-state index contributed by atoms with van der Waals surface area (Å²) in [5.41, 5.74) is 2.89. The van der Waals surface area contributed by atoms with Gasteiger partial charge in [0, 0.05) is 6.04 Å². The van der Waals surface area contributed by atoms with E-state index in [4.69, 9.17) is 4.74 Å². The summed E-state index contributed by atoms with van der Waals surface area (Å²) in [6.45, 7) is 8.71. The summed E-state index contributed by atoms with van der Waals surface area (Å²) in [6.07, 6.45) is 3.71. The van der Waals surface area contributed by atoms with Crippen molar-refractivity contribution in [2.45, 2.75) is 52.2 Å². The Morgan fingerprint density at radius 3 is 2.89 bits per heavy atom. The van der Waals surface area contributed by atoms with Crippen LogP contribution >= 0.6 is 0 Å². The Hall–Kier alpha value is -0.860. The van der Waals surface area contributed by atoms with Crippen LogP contribution in [0.3, 0.4) is 0 Å². The van der Waals surface area contributed by atoms with Crippen LogP contribution in [0.4, 0.5) is 0 Å². The fourth-order valence-electron chi connectivity index (χ4n) is 3.17. The van der Waals surface area contributed by atoms with Gasteiger partial charge in [-0.2, -0.15) is 0 Å². The molecule has 0 aliphatic carbocycles. The second-order valence-electron chi connectivity index (χ2n) is 5.84. The highest BCUT2D eigenvalue weighted by Crippen LogP contribution is 2.32. The molecule has 1 aromatic carbocycles. The minimum atomic E-state index is 0.300. The van der Waals surface area contributed by atoms with Crippen molar-refractivity contribution in [3.8, 4) is 0 Å². The van der Waals surface area contributed by atoms with E-state index < -0.39 is 0 Å². The van der Waals surface area contributed by atoms with Crippen LogP contribution in [0.15, 0.2) is 24.3 Å². The summed E-state index contributed by atoms with van der Waals surface area (Å²) in [6, 6.07) is 9.35. The lowest BCUT2D eigenvalue weighted by Crippen LogP contribution is -2.28. The van der Waals surface area contributed by atoms with Crippen molar-refractivity contribution < 1.29 is 4.74 Å². The van der Waals surface area contributed by atoms with Crippen molar-refractivity contribution in [1.82, 2.24) is 5.32 Å². The van der Waals surface area contributed by atoms with Crippen molar-refractivity contribution in [3.05, 3.63) is 35.4 Å². The molecule has 19 heavy (non-hydrogen) atoms. The molecule has 1 N–H and O–H groups in total. The van der Waals surface area contributed by atoms with Gasteiger partial charge in [0.25, 0.3) is 0 Å². The maximum Gasteiger partial charge on any atom is 0.0830 e. The number of hydrogen-bond acceptors (Lipinski definition) is 2. The van der Waals surface area contributed by atoms with E-state index in [1.807, 2.05) is 0 Å². The normalized spacial score (nSPS) is 21.7. The predicted octanol–water partition coefficient (Wildman–Crippen LogP) is 3.71. The first-order chi connectivity index (χ1) is 9.20. The zero-order valence-electron chi connectivity index (χ0n) is 12.5. The Labute approximate surface area is 117 Å². The minimum Gasteiger partial charge on any atom is -0.373 e. The van der Waals surface area contributed by atoms with Crippen LogP contribution in [0.2, 0.25) is 0 Å². The third kappa shape index (κ3) is 4.05. The number of rotatable bonds is 6. The molecule has 3 atom stereocenters. The maximum absolute atomic E-state index is 6.00. The van der Waals surface area contributed by atoms with Crippen LogP contribution in [0, 0.1) is 5.92 Å². The first-order valence-electron chi connectivity index (χ1n) is 7.63. The maximum atomic E-state index is 6.00. The van der Waals surface area contributed by atoms with Gasteiger partial charge in [-0.15, -0.1) is 0 Å². The number of nitrogens with one attached hydrogen (secondary N) is 1. The van der Waals surface area contributed by atoms with Gasteiger partial charge < -0.3 is 10.1 Å². The number of benzene rings is 1. The van der Waals surface area contributed by atoms with E-state index in [0.717, 1.165) is 26.0 Å². The molecule has 0 fully saturated rings. The van der Waals surface area contributed by atoms with Gasteiger partial charge in [-0.25, -0.2) is 0 Å². The predicted molar refractivity (Wildman–Crippen MR) is 80.4 cm³/mol. The molecule has 0 bridgehead atoms. The van der Waals surface area contributed by atoms with Gasteiger partial charge in [-0.3, -0.25) is 0 Å². The van der Waals surface area contributed by atoms with Gasteiger partial charge in [0.1, 0.15) is 0 Å². The fraction of sp³-hybridized carbons (Fsp3) is 0.647. The van der Waals surface area contributed by atoms with Crippen LogP contribution in [0.5, 0.6) is 0 Å². The molecule has 2 rings (SSSR count). The molecule has 3 unspecified atom stereocenters. The van der Waals surface area contributed by atoms with Crippen LogP contribution in [0.1, 0.15) is 50.8 Å². The van der Waals surface area contributed by atoms with Crippen LogP contribution < -0.4 is 5.32 Å². The molecule has 0 saturated heterocycles. The minimum absolute atomic E-state index is 0.300. The largest absolute Gasteiger partial charge is 0.373 e. The molecule has 1 aliphatic heterocycles. The van der Waals surface area contributed by atoms with E-state index in [1.165, 1.54) is 17.5 Å². The molecule has 2 nitrogen and oxygen atoms in total. The standard InChI is InChI=1S/C17H27NO/c1-4-18-14(3)11-13(2)12-17-16-8-6-5-7-15(16)9-10-19-17/h5-8,13-14,17-18H,4,9-12H2,1-3H3. The zero-order valence-corrected chi connectivity index (χ0v) is 12.5. The summed E-state index contributed by atoms with van der Waals surface area (Å²) in [7, 11) is 0. The van der Waals surface area contributed by atoms with Crippen LogP contribution in [-0.2, 0) is 11.2 Å². The monoisotopic (exact) mass is 261 g/mol. The Morgan fingerprint density at radius 1 is 1.32 bits per heavy atom. The average Bonchev–Trinajstić information content (AvgIpc) is 2.39. The Kier molecular flexibility index (Phi) is 5.41. The van der Waals surface area contributed by atoms with E-state index in [0.29, 0.717) is 18.1 Å². The Morgan fingerprint density at radius 2 is 2.11 bits per heavy atom. The van der Waals surface area contributed by atoms with Crippen molar-refractivity contribution >= 4 is 0 Å². The van der Waals surface area contributed by atoms with E-state index in [2.05, 4.69) is 50.4 Å². The fourth-order valence-corrected chi connectivity index (χ4v) is 3.17. The third-order valence-corrected chi connectivity index (χ3v) is 4.02. The first-order valence-corrected chi connectivity index (χ1v) is 7.63. The van der Waals surface area contributed by atoms with Gasteiger partial charge in [-0.1, -0.05) is 38.1 Å². The summed E-state index contributed by atoms with van der Waals surface area (Å²) in [4.78, 5) is 0. The summed E-state index contributed by atoms with van der Waals surface area (Å²) in [5, 5.41) is 3.49. The molecular weight excluding hydrogens is 234 g/mol. The molecule has 0 radical (unpaired) electrons. The molecule has 0 spiro atoms. The number of fused-ring (bicyclic) bond motifs is 1. The summed E-state index contributed by atoms with van der Waals surface area (Å²) >= 11 is 0. The average molecular weight is 261 g/mol. The van der Waals surface area contributed by atoms with Crippen molar-refractivity contribution in [2.75, 3.05) is 13.2 Å². The second-order valence-corrected chi connectivity index (χ2v) is 5.84. The van der Waals surface area contributed by atoms with Crippen molar-refractivity contribution in [1.29, 1.82) is 0 Å². The van der Waals surface area contributed by atoms with E-state index in [-0.39, 0.29) is 0 Å². The molecule has 1 heterocycles.